The second-order valence-electron chi connectivity index (χ2n) is 7.82. The van der Waals surface area contributed by atoms with Gasteiger partial charge in [0.05, 0.1) is 5.75 Å². The first-order valence-corrected chi connectivity index (χ1v) is 10.2. The molecule has 0 aromatic carbocycles. The predicted molar refractivity (Wildman–Crippen MR) is 88.3 cm³/mol. The fraction of sp³-hybridized carbons (Fsp3) is 1.00. The van der Waals surface area contributed by atoms with Crippen LogP contribution in [0.25, 0.3) is 0 Å². The molecule has 0 spiro atoms. The molecule has 21 heavy (non-hydrogen) atoms. The van der Waals surface area contributed by atoms with Crippen molar-refractivity contribution < 1.29 is 8.42 Å². The standard InChI is InChI=1S/C16H32N2O2S/c1-5-21(19,20)10-6-9-18-12-15(16(2,3)4)17-11-14(18)13-7-8-13/h13-15,17H,5-12H2,1-4H3. The molecule has 2 aliphatic rings. The van der Waals surface area contributed by atoms with Crippen molar-refractivity contribution in [2.75, 3.05) is 31.1 Å². The lowest BCUT2D eigenvalue weighted by atomic mass is 9.84. The molecule has 2 fully saturated rings. The average Bonchev–Trinajstić information content (AvgIpc) is 3.22. The summed E-state index contributed by atoms with van der Waals surface area (Å²) in [6.07, 6.45) is 3.46. The van der Waals surface area contributed by atoms with Crippen LogP contribution < -0.4 is 5.32 Å². The normalized spacial score (nSPS) is 28.8. The van der Waals surface area contributed by atoms with Gasteiger partial charge in [0.1, 0.15) is 9.84 Å². The molecule has 0 radical (unpaired) electrons. The Morgan fingerprint density at radius 2 is 1.90 bits per heavy atom. The van der Waals surface area contributed by atoms with Gasteiger partial charge in [-0.2, -0.15) is 0 Å². The number of rotatable bonds is 6. The third-order valence-electron chi connectivity index (χ3n) is 5.01. The van der Waals surface area contributed by atoms with E-state index in [-0.39, 0.29) is 11.2 Å². The Morgan fingerprint density at radius 3 is 2.43 bits per heavy atom. The van der Waals surface area contributed by atoms with Gasteiger partial charge >= 0.3 is 0 Å². The highest BCUT2D eigenvalue weighted by atomic mass is 32.2. The van der Waals surface area contributed by atoms with Gasteiger partial charge in [0, 0.05) is 30.9 Å². The number of hydrogen-bond acceptors (Lipinski definition) is 4. The maximum atomic E-state index is 11.7. The van der Waals surface area contributed by atoms with Gasteiger partial charge in [0.25, 0.3) is 0 Å². The van der Waals surface area contributed by atoms with Crippen molar-refractivity contribution in [3.8, 4) is 0 Å². The molecule has 1 saturated carbocycles. The molecule has 2 atom stereocenters. The van der Waals surface area contributed by atoms with Crippen molar-refractivity contribution in [3.05, 3.63) is 0 Å². The largest absolute Gasteiger partial charge is 0.311 e. The maximum absolute atomic E-state index is 11.7. The van der Waals surface area contributed by atoms with E-state index in [1.165, 1.54) is 12.8 Å². The maximum Gasteiger partial charge on any atom is 0.150 e. The molecular weight excluding hydrogens is 284 g/mol. The lowest BCUT2D eigenvalue weighted by molar-refractivity contribution is 0.0753. The molecule has 0 bridgehead atoms. The second kappa shape index (κ2) is 6.55. The van der Waals surface area contributed by atoms with Crippen LogP contribution in [0.2, 0.25) is 0 Å². The van der Waals surface area contributed by atoms with E-state index >= 15 is 0 Å². The Hall–Kier alpha value is -0.130. The first-order valence-electron chi connectivity index (χ1n) is 8.41. The van der Waals surface area contributed by atoms with Crippen LogP contribution in [0.15, 0.2) is 0 Å². The molecule has 1 N–H and O–H groups in total. The second-order valence-corrected chi connectivity index (χ2v) is 10.3. The molecule has 124 valence electrons. The summed E-state index contributed by atoms with van der Waals surface area (Å²) in [5.74, 6) is 1.44. The average molecular weight is 317 g/mol. The highest BCUT2D eigenvalue weighted by Crippen LogP contribution is 2.37. The quantitative estimate of drug-likeness (QED) is 0.813. The zero-order valence-electron chi connectivity index (χ0n) is 14.1. The minimum Gasteiger partial charge on any atom is -0.311 e. The van der Waals surface area contributed by atoms with Crippen molar-refractivity contribution in [2.45, 2.75) is 59.0 Å². The van der Waals surface area contributed by atoms with E-state index < -0.39 is 9.84 Å². The van der Waals surface area contributed by atoms with Gasteiger partial charge in [0.2, 0.25) is 0 Å². The highest BCUT2D eigenvalue weighted by Gasteiger charge is 2.40. The van der Waals surface area contributed by atoms with Gasteiger partial charge in [0.15, 0.2) is 0 Å². The van der Waals surface area contributed by atoms with Crippen molar-refractivity contribution in [1.82, 2.24) is 10.2 Å². The van der Waals surface area contributed by atoms with Gasteiger partial charge in [-0.05, 0) is 37.1 Å². The van der Waals surface area contributed by atoms with Gasteiger partial charge in [-0.3, -0.25) is 4.90 Å². The number of sulfone groups is 1. The van der Waals surface area contributed by atoms with Crippen molar-refractivity contribution in [2.24, 2.45) is 11.3 Å². The summed E-state index contributed by atoms with van der Waals surface area (Å²) in [6, 6.07) is 1.11. The summed E-state index contributed by atoms with van der Waals surface area (Å²) < 4.78 is 23.3. The third-order valence-corrected chi connectivity index (χ3v) is 6.80. The summed E-state index contributed by atoms with van der Waals surface area (Å²) in [7, 11) is -2.83. The van der Waals surface area contributed by atoms with E-state index in [0.717, 1.165) is 32.0 Å². The van der Waals surface area contributed by atoms with Crippen LogP contribution in [0.3, 0.4) is 0 Å². The Balaban J connectivity index is 1.91. The molecule has 2 unspecified atom stereocenters. The van der Waals surface area contributed by atoms with Gasteiger partial charge in [-0.15, -0.1) is 0 Å². The minimum atomic E-state index is -2.83. The Labute approximate surface area is 130 Å². The van der Waals surface area contributed by atoms with Crippen molar-refractivity contribution in [3.63, 3.8) is 0 Å². The Kier molecular flexibility index (Phi) is 5.37. The van der Waals surface area contributed by atoms with E-state index in [9.17, 15) is 8.42 Å². The van der Waals surface area contributed by atoms with Crippen LogP contribution in [0.5, 0.6) is 0 Å². The number of nitrogens with zero attached hydrogens (tertiary/aromatic N) is 1. The molecular formula is C16H32N2O2S. The molecule has 5 heteroatoms. The van der Waals surface area contributed by atoms with Crippen LogP contribution in [0.4, 0.5) is 0 Å². The summed E-state index contributed by atoms with van der Waals surface area (Å²) in [5, 5.41) is 3.72. The topological polar surface area (TPSA) is 49.4 Å². The van der Waals surface area contributed by atoms with Crippen LogP contribution >= 0.6 is 0 Å². The molecule has 1 aliphatic carbocycles. The first kappa shape index (κ1) is 17.2. The SMILES string of the molecule is CCS(=O)(=O)CCCN1CC(C(C)(C)C)NCC1C1CC1. The van der Waals surface area contributed by atoms with Gasteiger partial charge in [-0.1, -0.05) is 27.7 Å². The van der Waals surface area contributed by atoms with Crippen LogP contribution in [-0.4, -0.2) is 56.5 Å². The number of hydrogen-bond donors (Lipinski definition) is 1. The summed E-state index contributed by atoms with van der Waals surface area (Å²) in [6.45, 7) is 11.6. The molecule has 0 amide bonds. The summed E-state index contributed by atoms with van der Waals surface area (Å²) in [4.78, 5) is 2.56. The fourth-order valence-corrected chi connectivity index (χ4v) is 4.10. The highest BCUT2D eigenvalue weighted by molar-refractivity contribution is 7.91. The fourth-order valence-electron chi connectivity index (χ4n) is 3.24. The summed E-state index contributed by atoms with van der Waals surface area (Å²) >= 11 is 0. The Morgan fingerprint density at radius 1 is 1.24 bits per heavy atom. The predicted octanol–water partition coefficient (Wildman–Crippen LogP) is 1.91. The third kappa shape index (κ3) is 4.93. The zero-order chi connectivity index (χ0) is 15.7. The minimum absolute atomic E-state index is 0.252. The molecule has 1 aliphatic heterocycles. The molecule has 0 aromatic rings. The molecule has 2 rings (SSSR count). The van der Waals surface area contributed by atoms with Crippen molar-refractivity contribution in [1.29, 1.82) is 0 Å². The van der Waals surface area contributed by atoms with Crippen LogP contribution in [0, 0.1) is 11.3 Å². The number of nitrogens with one attached hydrogen (secondary N) is 1. The van der Waals surface area contributed by atoms with E-state index in [0.29, 0.717) is 17.8 Å². The van der Waals surface area contributed by atoms with E-state index in [2.05, 4.69) is 31.0 Å². The smallest absolute Gasteiger partial charge is 0.150 e. The lowest BCUT2D eigenvalue weighted by Gasteiger charge is -2.45. The molecule has 4 nitrogen and oxygen atoms in total. The molecule has 1 heterocycles. The van der Waals surface area contributed by atoms with E-state index in [1.807, 2.05) is 0 Å². The first-order chi connectivity index (χ1) is 9.73. The van der Waals surface area contributed by atoms with Gasteiger partial charge < -0.3 is 5.32 Å². The van der Waals surface area contributed by atoms with E-state index in [1.54, 1.807) is 6.92 Å². The van der Waals surface area contributed by atoms with Crippen LogP contribution in [0.1, 0.15) is 47.0 Å². The van der Waals surface area contributed by atoms with Gasteiger partial charge in [-0.25, -0.2) is 8.42 Å². The summed E-state index contributed by atoms with van der Waals surface area (Å²) in [5.41, 5.74) is 0.252. The lowest BCUT2D eigenvalue weighted by Crippen LogP contribution is -2.61. The zero-order valence-corrected chi connectivity index (χ0v) is 14.9. The number of piperazine rings is 1. The van der Waals surface area contributed by atoms with Crippen LogP contribution in [-0.2, 0) is 9.84 Å². The monoisotopic (exact) mass is 316 g/mol. The molecule has 0 aromatic heterocycles. The molecule has 1 saturated heterocycles. The van der Waals surface area contributed by atoms with E-state index in [4.69, 9.17) is 0 Å². The Bertz CT molecular complexity index is 438. The van der Waals surface area contributed by atoms with Crippen molar-refractivity contribution >= 4 is 9.84 Å².